The lowest BCUT2D eigenvalue weighted by molar-refractivity contribution is 0.127. The monoisotopic (exact) mass is 344 g/mol. The normalized spacial score (nSPS) is 18.1. The molecule has 1 unspecified atom stereocenters. The highest BCUT2D eigenvalue weighted by Gasteiger charge is 2.22. The van der Waals surface area contributed by atoms with Crippen molar-refractivity contribution in [1.82, 2.24) is 9.80 Å². The van der Waals surface area contributed by atoms with E-state index in [4.69, 9.17) is 16.3 Å². The van der Waals surface area contributed by atoms with Crippen molar-refractivity contribution in [2.75, 3.05) is 27.2 Å². The zero-order chi connectivity index (χ0) is 16.9. The summed E-state index contributed by atoms with van der Waals surface area (Å²) in [7, 11) is 4.21. The van der Waals surface area contributed by atoms with Gasteiger partial charge in [0.1, 0.15) is 11.9 Å². The molecule has 128 valence electrons. The van der Waals surface area contributed by atoms with E-state index in [1.54, 1.807) is 0 Å². The quantitative estimate of drug-likeness (QED) is 0.813. The number of nitrogens with zero attached hydrogens (tertiary/aromatic N) is 2. The third-order valence-corrected chi connectivity index (χ3v) is 4.59. The van der Waals surface area contributed by atoms with Crippen LogP contribution in [0.1, 0.15) is 17.5 Å². The molecule has 0 saturated carbocycles. The summed E-state index contributed by atoms with van der Waals surface area (Å²) in [5.41, 5.74) is 2.55. The van der Waals surface area contributed by atoms with E-state index in [-0.39, 0.29) is 6.10 Å². The zero-order valence-corrected chi connectivity index (χ0v) is 15.2. The summed E-state index contributed by atoms with van der Waals surface area (Å²) in [6, 6.07) is 16.5. The van der Waals surface area contributed by atoms with E-state index >= 15 is 0 Å². The maximum atomic E-state index is 6.30. The molecule has 4 heteroatoms. The molecule has 3 rings (SSSR count). The van der Waals surface area contributed by atoms with Crippen LogP contribution in [-0.4, -0.2) is 43.1 Å². The highest BCUT2D eigenvalue weighted by molar-refractivity contribution is 6.30. The van der Waals surface area contributed by atoms with Crippen molar-refractivity contribution >= 4 is 11.6 Å². The minimum Gasteiger partial charge on any atom is -0.489 e. The summed E-state index contributed by atoms with van der Waals surface area (Å²) < 4.78 is 6.30. The van der Waals surface area contributed by atoms with Crippen molar-refractivity contribution < 1.29 is 4.74 Å². The molecule has 3 nitrogen and oxygen atoms in total. The molecule has 1 aliphatic rings. The lowest BCUT2D eigenvalue weighted by Gasteiger charge is -2.25. The first kappa shape index (κ1) is 17.3. The van der Waals surface area contributed by atoms with E-state index in [0.717, 1.165) is 43.4 Å². The summed E-state index contributed by atoms with van der Waals surface area (Å²) in [5.74, 6) is 1.03. The predicted molar refractivity (Wildman–Crippen MR) is 99.6 cm³/mol. The molecule has 1 aliphatic heterocycles. The molecule has 24 heavy (non-hydrogen) atoms. The van der Waals surface area contributed by atoms with E-state index in [1.165, 1.54) is 11.1 Å². The molecule has 0 spiro atoms. The Morgan fingerprint density at radius 3 is 2.62 bits per heavy atom. The van der Waals surface area contributed by atoms with Gasteiger partial charge in [-0.25, -0.2) is 0 Å². The van der Waals surface area contributed by atoms with E-state index < -0.39 is 0 Å². The third kappa shape index (κ3) is 4.73. The molecule has 0 aliphatic carbocycles. The number of fused-ring (bicyclic) bond motifs is 1. The van der Waals surface area contributed by atoms with Crippen molar-refractivity contribution in [3.63, 3.8) is 0 Å². The van der Waals surface area contributed by atoms with Crippen LogP contribution in [0, 0.1) is 0 Å². The lowest BCUT2D eigenvalue weighted by Crippen LogP contribution is -2.34. The van der Waals surface area contributed by atoms with Gasteiger partial charge in [-0.1, -0.05) is 41.9 Å². The van der Waals surface area contributed by atoms with E-state index in [9.17, 15) is 0 Å². The third-order valence-electron chi connectivity index (χ3n) is 4.34. The molecule has 1 atom stereocenters. The van der Waals surface area contributed by atoms with Crippen LogP contribution in [0.4, 0.5) is 0 Å². The first-order valence-electron chi connectivity index (χ1n) is 8.46. The minimum absolute atomic E-state index is 0.211. The van der Waals surface area contributed by atoms with Crippen LogP contribution in [0.25, 0.3) is 0 Å². The molecule has 0 amide bonds. The van der Waals surface area contributed by atoms with E-state index in [1.807, 2.05) is 12.1 Å². The Hall–Kier alpha value is -1.55. The minimum atomic E-state index is 0.211. The van der Waals surface area contributed by atoms with Gasteiger partial charge in [-0.05, 0) is 44.3 Å². The molecular formula is C20H25ClN2O. The second kappa shape index (κ2) is 8.02. The number of benzene rings is 2. The van der Waals surface area contributed by atoms with Gasteiger partial charge in [0.2, 0.25) is 0 Å². The van der Waals surface area contributed by atoms with Crippen LogP contribution >= 0.6 is 11.6 Å². The Morgan fingerprint density at radius 2 is 1.88 bits per heavy atom. The van der Waals surface area contributed by atoms with Crippen molar-refractivity contribution in [3.05, 3.63) is 64.7 Å². The Morgan fingerprint density at radius 1 is 1.12 bits per heavy atom. The van der Waals surface area contributed by atoms with Crippen LogP contribution in [0.2, 0.25) is 5.02 Å². The molecule has 0 aromatic heterocycles. The van der Waals surface area contributed by atoms with Crippen LogP contribution in [-0.2, 0) is 13.1 Å². The summed E-state index contributed by atoms with van der Waals surface area (Å²) in [6.45, 7) is 3.79. The number of para-hydroxylation sites is 1. The Kier molecular flexibility index (Phi) is 5.77. The van der Waals surface area contributed by atoms with Gasteiger partial charge in [0.05, 0.1) is 0 Å². The number of halogens is 1. The van der Waals surface area contributed by atoms with Crippen LogP contribution in [0.3, 0.4) is 0 Å². The van der Waals surface area contributed by atoms with Gasteiger partial charge in [0.25, 0.3) is 0 Å². The number of hydrogen-bond donors (Lipinski definition) is 0. The summed E-state index contributed by atoms with van der Waals surface area (Å²) in [4.78, 5) is 4.68. The SMILES string of the molecule is CN(C)CCC1CN(Cc2ccc(Cl)cc2)Cc2ccccc2O1. The number of rotatable bonds is 5. The molecular weight excluding hydrogens is 320 g/mol. The summed E-state index contributed by atoms with van der Waals surface area (Å²) in [6.07, 6.45) is 1.24. The second-order valence-corrected chi connectivity index (χ2v) is 7.17. The van der Waals surface area contributed by atoms with Crippen molar-refractivity contribution in [2.45, 2.75) is 25.6 Å². The summed E-state index contributed by atoms with van der Waals surface area (Å²) >= 11 is 6.00. The molecule has 2 aromatic carbocycles. The molecule has 0 N–H and O–H groups in total. The molecule has 0 radical (unpaired) electrons. The predicted octanol–water partition coefficient (Wildman–Crippen LogP) is 4.05. The molecule has 1 heterocycles. The average Bonchev–Trinajstić information content (AvgIpc) is 2.73. The topological polar surface area (TPSA) is 15.7 Å². The van der Waals surface area contributed by atoms with Gasteiger partial charge in [-0.2, -0.15) is 0 Å². The van der Waals surface area contributed by atoms with Crippen LogP contribution in [0.5, 0.6) is 5.75 Å². The van der Waals surface area contributed by atoms with Crippen molar-refractivity contribution in [2.24, 2.45) is 0 Å². The molecule has 2 aromatic rings. The highest BCUT2D eigenvalue weighted by Crippen LogP contribution is 2.26. The highest BCUT2D eigenvalue weighted by atomic mass is 35.5. The van der Waals surface area contributed by atoms with Crippen molar-refractivity contribution in [1.29, 1.82) is 0 Å². The average molecular weight is 345 g/mol. The first-order chi connectivity index (χ1) is 11.6. The van der Waals surface area contributed by atoms with Gasteiger partial charge in [-0.3, -0.25) is 4.90 Å². The molecule has 0 fully saturated rings. The Labute approximate surface area is 149 Å². The maximum Gasteiger partial charge on any atom is 0.124 e. The van der Waals surface area contributed by atoms with Crippen LogP contribution < -0.4 is 4.74 Å². The fraction of sp³-hybridized carbons (Fsp3) is 0.400. The van der Waals surface area contributed by atoms with Gasteiger partial charge in [0, 0.05) is 36.8 Å². The van der Waals surface area contributed by atoms with Gasteiger partial charge in [-0.15, -0.1) is 0 Å². The number of ether oxygens (including phenoxy) is 1. The maximum absolute atomic E-state index is 6.30. The zero-order valence-electron chi connectivity index (χ0n) is 14.4. The smallest absolute Gasteiger partial charge is 0.124 e. The standard InChI is InChI=1S/C20H25ClN2O/c1-22(2)12-11-19-15-23(13-16-7-9-18(21)10-8-16)14-17-5-3-4-6-20(17)24-19/h3-10,19H,11-15H2,1-2H3. The van der Waals surface area contributed by atoms with Gasteiger partial charge in [0.15, 0.2) is 0 Å². The van der Waals surface area contributed by atoms with Crippen molar-refractivity contribution in [3.8, 4) is 5.75 Å². The fourth-order valence-electron chi connectivity index (χ4n) is 3.08. The second-order valence-electron chi connectivity index (χ2n) is 6.74. The Balaban J connectivity index is 1.76. The fourth-order valence-corrected chi connectivity index (χ4v) is 3.21. The van der Waals surface area contributed by atoms with Gasteiger partial charge >= 0.3 is 0 Å². The number of hydrogen-bond acceptors (Lipinski definition) is 3. The molecule has 0 saturated heterocycles. The Bertz CT molecular complexity index is 657. The first-order valence-corrected chi connectivity index (χ1v) is 8.84. The van der Waals surface area contributed by atoms with E-state index in [2.05, 4.69) is 60.3 Å². The van der Waals surface area contributed by atoms with Crippen LogP contribution in [0.15, 0.2) is 48.5 Å². The largest absolute Gasteiger partial charge is 0.489 e. The van der Waals surface area contributed by atoms with Gasteiger partial charge < -0.3 is 9.64 Å². The summed E-state index contributed by atoms with van der Waals surface area (Å²) in [5, 5.41) is 0.784. The van der Waals surface area contributed by atoms with E-state index in [0.29, 0.717) is 0 Å². The lowest BCUT2D eigenvalue weighted by atomic mass is 10.1. The molecule has 0 bridgehead atoms.